The van der Waals surface area contributed by atoms with Gasteiger partial charge in [-0.15, -0.1) is 0 Å². The lowest BCUT2D eigenvalue weighted by Gasteiger charge is -2.36. The molecule has 49 heavy (non-hydrogen) atoms. The van der Waals surface area contributed by atoms with Crippen molar-refractivity contribution in [2.75, 3.05) is 20.3 Å². The normalized spacial score (nSPS) is 30.2. The molecule has 1 unspecified atom stereocenters. The van der Waals surface area contributed by atoms with Crippen molar-refractivity contribution in [3.63, 3.8) is 0 Å². The number of methoxy groups -OCH3 is 1. The van der Waals surface area contributed by atoms with Crippen molar-refractivity contribution in [3.8, 4) is 11.5 Å². The molecule has 11 nitrogen and oxygen atoms in total. The predicted molar refractivity (Wildman–Crippen MR) is 169 cm³/mol. The van der Waals surface area contributed by atoms with E-state index in [0.717, 1.165) is 25.7 Å². The molecule has 1 spiro atoms. The van der Waals surface area contributed by atoms with Gasteiger partial charge in [0.05, 0.1) is 37.8 Å². The average molecular weight is 688 g/mol. The number of Topliss-reactive ketones (excluding diaryl/α,β-unsaturated/α-hetero) is 1. The third-order valence-electron chi connectivity index (χ3n) is 10.1. The second kappa shape index (κ2) is 12.9. The van der Waals surface area contributed by atoms with Crippen molar-refractivity contribution < 1.29 is 51.7 Å². The molecule has 3 aliphatic heterocycles. The lowest BCUT2D eigenvalue weighted by atomic mass is 9.85. The van der Waals surface area contributed by atoms with Crippen molar-refractivity contribution in [2.45, 2.75) is 94.7 Å². The van der Waals surface area contributed by atoms with Gasteiger partial charge in [-0.2, -0.15) is 13.2 Å². The van der Waals surface area contributed by atoms with E-state index in [9.17, 15) is 37.5 Å². The zero-order valence-electron chi connectivity index (χ0n) is 27.6. The summed E-state index contributed by atoms with van der Waals surface area (Å²) < 4.78 is 58.9. The van der Waals surface area contributed by atoms with Gasteiger partial charge >= 0.3 is 12.1 Å². The molecule has 2 N–H and O–H groups in total. The number of allylic oxidation sites excluding steroid dienone is 1. The molecule has 6 rings (SSSR count). The Kier molecular flexibility index (Phi) is 9.14. The SMILES string of the molecule is CCOC(=O)[C@@]12C[C@H]1/C=C\CCCCC[C@H](C)C(=O)N1C[C@@]3(CC(=O)c4c(c(C(O)C(F)(F)F)nc5ccc(OC)cc45)O3)C[C@H]1C(=O)N2. The van der Waals surface area contributed by atoms with E-state index in [1.165, 1.54) is 30.2 Å². The van der Waals surface area contributed by atoms with Gasteiger partial charge in [-0.25, -0.2) is 9.78 Å². The molecule has 0 bridgehead atoms. The molecule has 1 aromatic carbocycles. The number of esters is 1. The maximum absolute atomic E-state index is 14.1. The fourth-order valence-electron chi connectivity index (χ4n) is 7.41. The van der Waals surface area contributed by atoms with Crippen LogP contribution in [0.15, 0.2) is 30.4 Å². The number of ketones is 1. The Bertz CT molecular complexity index is 1710. The highest BCUT2D eigenvalue weighted by Crippen LogP contribution is 2.50. The number of amides is 2. The van der Waals surface area contributed by atoms with Gasteiger partial charge in [0.1, 0.15) is 28.6 Å². The van der Waals surface area contributed by atoms with Gasteiger partial charge in [0.2, 0.25) is 11.8 Å². The molecule has 1 aliphatic carbocycles. The van der Waals surface area contributed by atoms with Gasteiger partial charge in [0, 0.05) is 23.6 Å². The van der Waals surface area contributed by atoms with Crippen LogP contribution in [0, 0.1) is 11.8 Å². The summed E-state index contributed by atoms with van der Waals surface area (Å²) in [6.07, 6.45) is -0.817. The third kappa shape index (κ3) is 6.35. The number of pyridine rings is 1. The number of hydrogen-bond acceptors (Lipinski definition) is 9. The van der Waals surface area contributed by atoms with Gasteiger partial charge in [0.15, 0.2) is 17.6 Å². The number of carbonyl (C=O) groups is 4. The monoisotopic (exact) mass is 687 g/mol. The van der Waals surface area contributed by atoms with Crippen LogP contribution in [0.4, 0.5) is 13.2 Å². The average Bonchev–Trinajstić information content (AvgIpc) is 3.64. The minimum Gasteiger partial charge on any atom is -0.497 e. The Labute approximate surface area is 281 Å². The van der Waals surface area contributed by atoms with Crippen LogP contribution in [0.2, 0.25) is 0 Å². The lowest BCUT2D eigenvalue weighted by molar-refractivity contribution is -0.208. The van der Waals surface area contributed by atoms with Crippen molar-refractivity contribution in [1.82, 2.24) is 15.2 Å². The molecular formula is C35H40F3N3O8. The number of halogens is 3. The fourth-order valence-corrected chi connectivity index (χ4v) is 7.41. The van der Waals surface area contributed by atoms with Gasteiger partial charge in [0.25, 0.3) is 0 Å². The Morgan fingerprint density at radius 3 is 2.69 bits per heavy atom. The van der Waals surface area contributed by atoms with E-state index < -0.39 is 64.5 Å². The summed E-state index contributed by atoms with van der Waals surface area (Å²) in [6.45, 7) is 3.22. The maximum atomic E-state index is 14.1. The molecule has 1 saturated heterocycles. The molecule has 1 saturated carbocycles. The topological polar surface area (TPSA) is 144 Å². The summed E-state index contributed by atoms with van der Waals surface area (Å²) in [5, 5.41) is 13.5. The number of aliphatic hydroxyl groups is 1. The van der Waals surface area contributed by atoms with Gasteiger partial charge < -0.3 is 29.5 Å². The van der Waals surface area contributed by atoms with E-state index in [1.54, 1.807) is 13.8 Å². The van der Waals surface area contributed by atoms with Crippen LogP contribution in [0.3, 0.4) is 0 Å². The summed E-state index contributed by atoms with van der Waals surface area (Å²) in [4.78, 5) is 60.8. The molecule has 2 aromatic rings. The second-order valence-corrected chi connectivity index (χ2v) is 13.6. The third-order valence-corrected chi connectivity index (χ3v) is 10.1. The molecule has 2 amide bonds. The molecule has 4 aliphatic rings. The zero-order chi connectivity index (χ0) is 35.3. The smallest absolute Gasteiger partial charge is 0.420 e. The highest BCUT2D eigenvalue weighted by molar-refractivity contribution is 6.11. The number of benzene rings is 1. The van der Waals surface area contributed by atoms with E-state index in [-0.39, 0.29) is 54.3 Å². The number of alkyl halides is 3. The molecule has 1 aromatic heterocycles. The summed E-state index contributed by atoms with van der Waals surface area (Å²) in [7, 11) is 1.39. The van der Waals surface area contributed by atoms with Crippen molar-refractivity contribution in [3.05, 3.63) is 41.6 Å². The quantitative estimate of drug-likeness (QED) is 0.344. The van der Waals surface area contributed by atoms with E-state index in [4.69, 9.17) is 14.2 Å². The predicted octanol–water partition coefficient (Wildman–Crippen LogP) is 4.74. The molecule has 0 radical (unpaired) electrons. The lowest BCUT2D eigenvalue weighted by Crippen LogP contribution is -2.54. The van der Waals surface area contributed by atoms with Gasteiger partial charge in [-0.1, -0.05) is 31.9 Å². The number of aliphatic hydroxyl groups excluding tert-OH is 1. The van der Waals surface area contributed by atoms with E-state index in [0.29, 0.717) is 18.6 Å². The largest absolute Gasteiger partial charge is 0.497 e. The summed E-state index contributed by atoms with van der Waals surface area (Å²) in [5.74, 6) is -3.29. The number of rotatable bonds is 4. The van der Waals surface area contributed by atoms with Crippen LogP contribution >= 0.6 is 0 Å². The molecule has 264 valence electrons. The molecule has 6 atom stereocenters. The Morgan fingerprint density at radius 1 is 1.20 bits per heavy atom. The van der Waals surface area contributed by atoms with Crippen LogP contribution in [0.5, 0.6) is 11.5 Å². The highest BCUT2D eigenvalue weighted by atomic mass is 19.4. The van der Waals surface area contributed by atoms with Crippen molar-refractivity contribution >= 4 is 34.5 Å². The van der Waals surface area contributed by atoms with Crippen LogP contribution in [-0.2, 0) is 19.1 Å². The first-order chi connectivity index (χ1) is 23.2. The number of nitrogens with zero attached hydrogens (tertiary/aromatic N) is 2. The Balaban J connectivity index is 1.42. The Hall–Kier alpha value is -4.20. The standard InChI is InChI=1S/C35H40F3N3O8/c1-4-48-32(46)34-15-20(34)11-9-7-5-6-8-10-19(2)31(45)41-18-33(16-24(41)30(44)40-34)17-25(42)26-22-14-21(47-3)12-13-23(22)39-27(28(26)49-33)29(43)35(36,37)38/h9,11-14,19-20,24,29,43H,4-8,10,15-18H2,1-3H3,(H,40,44)/b11-9-/t19-,20+,24-,29?,33-,34+/m0/s1. The molecular weight excluding hydrogens is 647 g/mol. The van der Waals surface area contributed by atoms with Crippen LogP contribution in [0.25, 0.3) is 10.9 Å². The Morgan fingerprint density at radius 2 is 1.98 bits per heavy atom. The molecule has 4 heterocycles. The minimum atomic E-state index is -5.15. The second-order valence-electron chi connectivity index (χ2n) is 13.6. The number of hydrogen-bond donors (Lipinski definition) is 2. The van der Waals surface area contributed by atoms with Crippen molar-refractivity contribution in [2.24, 2.45) is 11.8 Å². The molecule has 2 fully saturated rings. The number of ether oxygens (including phenoxy) is 3. The molecule has 14 heteroatoms. The van der Waals surface area contributed by atoms with Gasteiger partial charge in [-0.3, -0.25) is 14.4 Å². The zero-order valence-corrected chi connectivity index (χ0v) is 27.6. The number of nitrogens with one attached hydrogen (secondary N) is 1. The first kappa shape index (κ1) is 34.7. The van der Waals surface area contributed by atoms with Crippen LogP contribution in [0.1, 0.15) is 87.4 Å². The van der Waals surface area contributed by atoms with Crippen molar-refractivity contribution in [1.29, 1.82) is 0 Å². The van der Waals surface area contributed by atoms with E-state index in [2.05, 4.69) is 10.3 Å². The summed E-state index contributed by atoms with van der Waals surface area (Å²) in [5.41, 5.74) is -4.03. The number of carbonyl (C=O) groups excluding carboxylic acids is 4. The highest BCUT2D eigenvalue weighted by Gasteiger charge is 2.63. The maximum Gasteiger partial charge on any atom is 0.420 e. The fraction of sp³-hybridized carbons (Fsp3) is 0.571. The van der Waals surface area contributed by atoms with E-state index >= 15 is 0 Å². The van der Waals surface area contributed by atoms with Gasteiger partial charge in [-0.05, 0) is 50.8 Å². The number of fused-ring (bicyclic) bond motifs is 5. The number of aromatic nitrogens is 1. The van der Waals surface area contributed by atoms with Crippen LogP contribution in [-0.4, -0.2) is 82.2 Å². The van der Waals surface area contributed by atoms with E-state index in [1.807, 2.05) is 12.2 Å². The van der Waals surface area contributed by atoms with Crippen LogP contribution < -0.4 is 14.8 Å². The minimum absolute atomic E-state index is 0.0190. The summed E-state index contributed by atoms with van der Waals surface area (Å²) >= 11 is 0. The first-order valence-corrected chi connectivity index (χ1v) is 16.7. The summed E-state index contributed by atoms with van der Waals surface area (Å²) in [6, 6.07) is 3.10. The first-order valence-electron chi connectivity index (χ1n) is 16.7.